The van der Waals surface area contributed by atoms with Crippen molar-refractivity contribution in [1.82, 2.24) is 9.55 Å². The molecular weight excluding hydrogens is 242 g/mol. The van der Waals surface area contributed by atoms with Gasteiger partial charge in [0, 0.05) is 31.5 Å². The topological polar surface area (TPSA) is 62.3 Å². The number of imidazole rings is 1. The van der Waals surface area contributed by atoms with Gasteiger partial charge in [-0.3, -0.25) is 0 Å². The number of aryl methyl sites for hydroxylation is 1. The Balaban J connectivity index is 2.30. The van der Waals surface area contributed by atoms with Crippen molar-refractivity contribution >= 4 is 0 Å². The number of hydrogen-bond acceptors (Lipinski definition) is 4. The van der Waals surface area contributed by atoms with Crippen LogP contribution in [0.1, 0.15) is 24.4 Å². The maximum Gasteiger partial charge on any atom is 0.166 e. The molecule has 1 heterocycles. The molecule has 0 radical (unpaired) electrons. The van der Waals surface area contributed by atoms with E-state index in [0.717, 1.165) is 11.4 Å². The SMILES string of the molecule is COc1cccc(CN)c1OC(C)c1nccn1C. The lowest BCUT2D eigenvalue weighted by molar-refractivity contribution is 0.201. The molecule has 19 heavy (non-hydrogen) atoms. The van der Waals surface area contributed by atoms with Gasteiger partial charge in [-0.05, 0) is 13.0 Å². The number of methoxy groups -OCH3 is 1. The van der Waals surface area contributed by atoms with E-state index in [2.05, 4.69) is 4.98 Å². The largest absolute Gasteiger partial charge is 0.493 e. The van der Waals surface area contributed by atoms with Gasteiger partial charge in [-0.15, -0.1) is 0 Å². The van der Waals surface area contributed by atoms with Crippen molar-refractivity contribution in [3.63, 3.8) is 0 Å². The highest BCUT2D eigenvalue weighted by atomic mass is 16.5. The average Bonchev–Trinajstić information content (AvgIpc) is 2.85. The molecule has 0 amide bonds. The van der Waals surface area contributed by atoms with E-state index >= 15 is 0 Å². The van der Waals surface area contributed by atoms with E-state index in [0.29, 0.717) is 18.0 Å². The smallest absolute Gasteiger partial charge is 0.166 e. The molecule has 0 saturated carbocycles. The molecule has 1 aromatic heterocycles. The second kappa shape index (κ2) is 5.75. The van der Waals surface area contributed by atoms with E-state index in [1.165, 1.54) is 0 Å². The number of aromatic nitrogens is 2. The Kier molecular flexibility index (Phi) is 4.06. The molecular formula is C14H19N3O2. The average molecular weight is 261 g/mol. The van der Waals surface area contributed by atoms with Gasteiger partial charge in [-0.2, -0.15) is 0 Å². The monoisotopic (exact) mass is 261 g/mol. The number of hydrogen-bond donors (Lipinski definition) is 1. The van der Waals surface area contributed by atoms with Gasteiger partial charge in [0.05, 0.1) is 7.11 Å². The van der Waals surface area contributed by atoms with Crippen LogP contribution in [0.5, 0.6) is 11.5 Å². The van der Waals surface area contributed by atoms with Crippen LogP contribution in [0.2, 0.25) is 0 Å². The van der Waals surface area contributed by atoms with Crippen molar-refractivity contribution in [2.24, 2.45) is 12.8 Å². The molecule has 2 rings (SSSR count). The third-order valence-corrected chi connectivity index (χ3v) is 3.02. The first kappa shape index (κ1) is 13.4. The van der Waals surface area contributed by atoms with Gasteiger partial charge in [0.25, 0.3) is 0 Å². The molecule has 2 aromatic rings. The number of benzene rings is 1. The summed E-state index contributed by atoms with van der Waals surface area (Å²) in [5.74, 6) is 2.22. The van der Waals surface area contributed by atoms with Crippen molar-refractivity contribution in [3.8, 4) is 11.5 Å². The maximum atomic E-state index is 6.00. The van der Waals surface area contributed by atoms with Gasteiger partial charge in [-0.1, -0.05) is 12.1 Å². The number of ether oxygens (including phenoxy) is 2. The maximum absolute atomic E-state index is 6.00. The third kappa shape index (κ3) is 2.71. The molecule has 0 saturated heterocycles. The Morgan fingerprint density at radius 1 is 1.42 bits per heavy atom. The fraction of sp³-hybridized carbons (Fsp3) is 0.357. The third-order valence-electron chi connectivity index (χ3n) is 3.02. The Morgan fingerprint density at radius 2 is 2.21 bits per heavy atom. The van der Waals surface area contributed by atoms with Crippen LogP contribution in [0.25, 0.3) is 0 Å². The van der Waals surface area contributed by atoms with Crippen molar-refractivity contribution in [2.75, 3.05) is 7.11 Å². The fourth-order valence-electron chi connectivity index (χ4n) is 2.01. The summed E-state index contributed by atoms with van der Waals surface area (Å²) in [5.41, 5.74) is 6.66. The van der Waals surface area contributed by atoms with Gasteiger partial charge in [0.1, 0.15) is 5.82 Å². The Labute approximate surface area is 113 Å². The normalized spacial score (nSPS) is 12.2. The highest BCUT2D eigenvalue weighted by Gasteiger charge is 2.17. The van der Waals surface area contributed by atoms with Crippen LogP contribution in [-0.2, 0) is 13.6 Å². The van der Waals surface area contributed by atoms with Crippen LogP contribution >= 0.6 is 0 Å². The molecule has 1 unspecified atom stereocenters. The van der Waals surface area contributed by atoms with Crippen molar-refractivity contribution in [3.05, 3.63) is 42.0 Å². The first-order valence-electron chi connectivity index (χ1n) is 6.17. The van der Waals surface area contributed by atoms with Gasteiger partial charge in [-0.25, -0.2) is 4.98 Å². The zero-order valence-corrected chi connectivity index (χ0v) is 11.5. The quantitative estimate of drug-likeness (QED) is 0.894. The van der Waals surface area contributed by atoms with Crippen molar-refractivity contribution in [2.45, 2.75) is 19.6 Å². The van der Waals surface area contributed by atoms with Crippen LogP contribution < -0.4 is 15.2 Å². The minimum absolute atomic E-state index is 0.179. The zero-order chi connectivity index (χ0) is 13.8. The fourth-order valence-corrected chi connectivity index (χ4v) is 2.01. The zero-order valence-electron chi connectivity index (χ0n) is 11.5. The summed E-state index contributed by atoms with van der Waals surface area (Å²) in [6.07, 6.45) is 3.46. The molecule has 0 aliphatic heterocycles. The summed E-state index contributed by atoms with van der Waals surface area (Å²) < 4.78 is 13.3. The lowest BCUT2D eigenvalue weighted by Gasteiger charge is -2.19. The van der Waals surface area contributed by atoms with E-state index in [4.69, 9.17) is 15.2 Å². The predicted octanol–water partition coefficient (Wildman–Crippen LogP) is 2.03. The Hall–Kier alpha value is -2.01. The molecule has 0 aliphatic rings. The number of rotatable bonds is 5. The minimum atomic E-state index is -0.179. The van der Waals surface area contributed by atoms with Crippen LogP contribution in [0.4, 0.5) is 0 Å². The molecule has 2 N–H and O–H groups in total. The second-order valence-electron chi connectivity index (χ2n) is 4.31. The van der Waals surface area contributed by atoms with Gasteiger partial charge >= 0.3 is 0 Å². The van der Waals surface area contributed by atoms with Crippen LogP contribution in [0, 0.1) is 0 Å². The summed E-state index contributed by atoms with van der Waals surface area (Å²) in [6.45, 7) is 2.36. The van der Waals surface area contributed by atoms with E-state index < -0.39 is 0 Å². The van der Waals surface area contributed by atoms with E-state index in [1.54, 1.807) is 13.3 Å². The lowest BCUT2D eigenvalue weighted by Crippen LogP contribution is -2.12. The molecule has 0 spiro atoms. The van der Waals surface area contributed by atoms with Gasteiger partial charge in [0.15, 0.2) is 17.6 Å². The Morgan fingerprint density at radius 3 is 2.79 bits per heavy atom. The molecule has 1 atom stereocenters. The summed E-state index contributed by atoms with van der Waals surface area (Å²) in [6, 6.07) is 5.70. The van der Waals surface area contributed by atoms with Crippen LogP contribution in [0.3, 0.4) is 0 Å². The summed E-state index contributed by atoms with van der Waals surface area (Å²) >= 11 is 0. The van der Waals surface area contributed by atoms with E-state index in [1.807, 2.05) is 42.9 Å². The van der Waals surface area contributed by atoms with Crippen molar-refractivity contribution in [1.29, 1.82) is 0 Å². The minimum Gasteiger partial charge on any atom is -0.493 e. The lowest BCUT2D eigenvalue weighted by atomic mass is 10.2. The van der Waals surface area contributed by atoms with Crippen LogP contribution in [-0.4, -0.2) is 16.7 Å². The van der Waals surface area contributed by atoms with Gasteiger partial charge < -0.3 is 19.8 Å². The van der Waals surface area contributed by atoms with E-state index in [9.17, 15) is 0 Å². The first-order chi connectivity index (χ1) is 9.17. The molecule has 0 aliphatic carbocycles. The van der Waals surface area contributed by atoms with Crippen molar-refractivity contribution < 1.29 is 9.47 Å². The molecule has 1 aromatic carbocycles. The van der Waals surface area contributed by atoms with Gasteiger partial charge in [0.2, 0.25) is 0 Å². The summed E-state index contributed by atoms with van der Waals surface area (Å²) in [4.78, 5) is 4.29. The molecule has 0 fully saturated rings. The second-order valence-corrected chi connectivity index (χ2v) is 4.31. The molecule has 0 bridgehead atoms. The standard InChI is InChI=1S/C14H19N3O2/c1-10(14-16-7-8-17(14)2)19-13-11(9-15)5-4-6-12(13)18-3/h4-8,10H,9,15H2,1-3H3. The highest BCUT2D eigenvalue weighted by Crippen LogP contribution is 2.34. The highest BCUT2D eigenvalue weighted by molar-refractivity contribution is 5.46. The number of para-hydroxylation sites is 1. The molecule has 5 nitrogen and oxygen atoms in total. The Bertz CT molecular complexity index is 529. The molecule has 102 valence electrons. The summed E-state index contributed by atoms with van der Waals surface area (Å²) in [5, 5.41) is 0. The summed E-state index contributed by atoms with van der Waals surface area (Å²) in [7, 11) is 3.56. The number of nitrogens with zero attached hydrogens (tertiary/aromatic N) is 2. The predicted molar refractivity (Wildman–Crippen MR) is 73.1 cm³/mol. The van der Waals surface area contributed by atoms with E-state index in [-0.39, 0.29) is 6.10 Å². The molecule has 5 heteroatoms. The van der Waals surface area contributed by atoms with Crippen LogP contribution in [0.15, 0.2) is 30.6 Å². The first-order valence-corrected chi connectivity index (χ1v) is 6.17. The number of nitrogens with two attached hydrogens (primary N) is 1.